The van der Waals surface area contributed by atoms with Gasteiger partial charge in [-0.2, -0.15) is 0 Å². The molecule has 156 valence electrons. The van der Waals surface area contributed by atoms with Gasteiger partial charge in [0.1, 0.15) is 12.4 Å². The number of rotatable bonds is 9. The van der Waals surface area contributed by atoms with Gasteiger partial charge < -0.3 is 14.7 Å². The molecular weight excluding hydrogens is 442 g/mol. The van der Waals surface area contributed by atoms with Crippen molar-refractivity contribution in [1.82, 2.24) is 4.90 Å². The monoisotopic (exact) mass is 467 g/mol. The van der Waals surface area contributed by atoms with Gasteiger partial charge in [0.15, 0.2) is 0 Å². The highest BCUT2D eigenvalue weighted by Crippen LogP contribution is 2.25. The largest absolute Gasteiger partial charge is 0.489 e. The summed E-state index contributed by atoms with van der Waals surface area (Å²) in [6.07, 6.45) is -0.790. The first-order valence-corrected chi connectivity index (χ1v) is 11.1. The molecule has 5 heteroatoms. The summed E-state index contributed by atoms with van der Waals surface area (Å²) < 4.78 is 5.81. The third-order valence-corrected chi connectivity index (χ3v) is 5.55. The van der Waals surface area contributed by atoms with Crippen LogP contribution in [0.2, 0.25) is 0 Å². The highest BCUT2D eigenvalue weighted by Gasteiger charge is 2.24. The number of aliphatic hydroxyl groups excluding tert-OH is 1. The average Bonchev–Trinajstić information content (AvgIpc) is 2.81. The summed E-state index contributed by atoms with van der Waals surface area (Å²) in [4.78, 5) is 14.2. The van der Waals surface area contributed by atoms with E-state index in [0.717, 1.165) is 22.4 Å². The normalized spacial score (nSPS) is 12.8. The van der Waals surface area contributed by atoms with Crippen molar-refractivity contribution in [2.24, 2.45) is 0 Å². The van der Waals surface area contributed by atoms with Crippen LogP contribution in [-0.2, 0) is 11.4 Å². The number of benzene rings is 3. The van der Waals surface area contributed by atoms with E-state index >= 15 is 0 Å². The van der Waals surface area contributed by atoms with Gasteiger partial charge in [0.25, 0.3) is 0 Å². The van der Waals surface area contributed by atoms with Crippen LogP contribution in [0.1, 0.15) is 35.8 Å². The Hall–Kier alpha value is -2.63. The number of carbonyl (C=O) groups is 1. The first-order chi connectivity index (χ1) is 14.6. The Kier molecular flexibility index (Phi) is 8.05. The van der Waals surface area contributed by atoms with E-state index < -0.39 is 6.10 Å². The summed E-state index contributed by atoms with van der Waals surface area (Å²) in [5.74, 6) is 0.675. The molecule has 0 aliphatic carbocycles. The Morgan fingerprint density at radius 2 is 1.53 bits per heavy atom. The van der Waals surface area contributed by atoms with Crippen LogP contribution in [0.15, 0.2) is 84.9 Å². The summed E-state index contributed by atoms with van der Waals surface area (Å²) in [6.45, 7) is 2.68. The molecule has 0 aliphatic rings. The number of hydrogen-bond donors (Lipinski definition) is 1. The van der Waals surface area contributed by atoms with Crippen molar-refractivity contribution >= 4 is 21.8 Å². The predicted molar refractivity (Wildman–Crippen MR) is 123 cm³/mol. The predicted octanol–water partition coefficient (Wildman–Crippen LogP) is 5.28. The Bertz CT molecular complexity index is 916. The van der Waals surface area contributed by atoms with Gasteiger partial charge in [-0.3, -0.25) is 4.79 Å². The molecule has 0 fully saturated rings. The highest BCUT2D eigenvalue weighted by molar-refractivity contribution is 9.09. The van der Waals surface area contributed by atoms with Gasteiger partial charge in [-0.25, -0.2) is 0 Å². The van der Waals surface area contributed by atoms with Crippen LogP contribution in [0, 0.1) is 0 Å². The van der Waals surface area contributed by atoms with Crippen LogP contribution in [0.25, 0.3) is 0 Å². The number of hydrogen-bond acceptors (Lipinski definition) is 3. The van der Waals surface area contributed by atoms with E-state index in [1.54, 1.807) is 4.90 Å². The minimum atomic E-state index is -0.790. The third kappa shape index (κ3) is 5.94. The number of aliphatic hydroxyl groups is 1. The van der Waals surface area contributed by atoms with E-state index in [2.05, 4.69) is 15.9 Å². The van der Waals surface area contributed by atoms with Crippen molar-refractivity contribution in [3.8, 4) is 5.75 Å². The molecule has 0 saturated heterocycles. The topological polar surface area (TPSA) is 49.8 Å². The van der Waals surface area contributed by atoms with Crippen molar-refractivity contribution in [3.63, 3.8) is 0 Å². The van der Waals surface area contributed by atoms with E-state index in [1.807, 2.05) is 91.9 Å². The van der Waals surface area contributed by atoms with Gasteiger partial charge in [0.05, 0.1) is 24.0 Å². The number of alkyl halides is 1. The molecule has 0 bridgehead atoms. The summed E-state index contributed by atoms with van der Waals surface area (Å²) in [6, 6.07) is 27.0. The quantitative estimate of drug-likeness (QED) is 0.435. The molecule has 0 radical (unpaired) electrons. The maximum Gasteiger partial charge on any atom is 0.233 e. The lowest BCUT2D eigenvalue weighted by atomic mass is 10.0. The fourth-order valence-corrected chi connectivity index (χ4v) is 3.61. The van der Waals surface area contributed by atoms with Crippen molar-refractivity contribution < 1.29 is 14.6 Å². The lowest BCUT2D eigenvalue weighted by molar-refractivity contribution is -0.132. The van der Waals surface area contributed by atoms with Crippen LogP contribution < -0.4 is 4.74 Å². The van der Waals surface area contributed by atoms with Crippen LogP contribution in [0.3, 0.4) is 0 Å². The zero-order valence-corrected chi connectivity index (χ0v) is 18.5. The summed E-state index contributed by atoms with van der Waals surface area (Å²) in [5.41, 5.74) is 2.87. The number of ether oxygens (including phenoxy) is 1. The Morgan fingerprint density at radius 3 is 2.13 bits per heavy atom. The Morgan fingerprint density at radius 1 is 0.933 bits per heavy atom. The number of nitrogens with zero attached hydrogens (tertiary/aromatic N) is 1. The molecular formula is C25H26BrNO3. The lowest BCUT2D eigenvalue weighted by Gasteiger charge is -2.31. The van der Waals surface area contributed by atoms with Crippen molar-refractivity contribution in [1.29, 1.82) is 0 Å². The highest BCUT2D eigenvalue weighted by atomic mass is 79.9. The molecule has 0 unspecified atom stereocenters. The van der Waals surface area contributed by atoms with Crippen LogP contribution in [0.4, 0.5) is 0 Å². The molecule has 0 aromatic heterocycles. The number of amides is 1. The summed E-state index contributed by atoms with van der Waals surface area (Å²) >= 11 is 3.26. The second kappa shape index (κ2) is 11.0. The van der Waals surface area contributed by atoms with E-state index in [9.17, 15) is 9.90 Å². The Balaban J connectivity index is 1.65. The molecule has 0 spiro atoms. The van der Waals surface area contributed by atoms with E-state index in [4.69, 9.17) is 4.74 Å². The van der Waals surface area contributed by atoms with E-state index in [0.29, 0.717) is 6.61 Å². The minimum Gasteiger partial charge on any atom is -0.489 e. The van der Waals surface area contributed by atoms with Crippen molar-refractivity contribution in [2.45, 2.75) is 25.7 Å². The summed E-state index contributed by atoms with van der Waals surface area (Å²) in [5, 5.41) is 11.0. The van der Waals surface area contributed by atoms with E-state index in [-0.39, 0.29) is 23.8 Å². The van der Waals surface area contributed by atoms with Gasteiger partial charge in [-0.1, -0.05) is 88.7 Å². The minimum absolute atomic E-state index is 0.0618. The third-order valence-electron chi connectivity index (χ3n) is 5.07. The summed E-state index contributed by atoms with van der Waals surface area (Å²) in [7, 11) is 0. The molecule has 1 N–H and O–H groups in total. The maximum absolute atomic E-state index is 12.5. The molecule has 3 aromatic carbocycles. The van der Waals surface area contributed by atoms with Crippen LogP contribution in [-0.4, -0.2) is 27.8 Å². The SMILES string of the molecule is C[C@@H](c1ccccc1)N(C[C@H](O)c1ccc(OCc2ccccc2)cc1)C(=O)CBr. The van der Waals surface area contributed by atoms with Gasteiger partial charge >= 0.3 is 0 Å². The molecule has 3 rings (SSSR count). The lowest BCUT2D eigenvalue weighted by Crippen LogP contribution is -2.37. The second-order valence-corrected chi connectivity index (χ2v) is 7.69. The fourth-order valence-electron chi connectivity index (χ4n) is 3.28. The molecule has 30 heavy (non-hydrogen) atoms. The molecule has 2 atom stereocenters. The van der Waals surface area contributed by atoms with E-state index in [1.165, 1.54) is 0 Å². The van der Waals surface area contributed by atoms with Crippen molar-refractivity contribution in [3.05, 3.63) is 102 Å². The fraction of sp³-hybridized carbons (Fsp3) is 0.240. The van der Waals surface area contributed by atoms with Gasteiger partial charge in [0, 0.05) is 0 Å². The molecule has 1 amide bonds. The molecule has 0 heterocycles. The standard InChI is InChI=1S/C25H26BrNO3/c1-19(21-10-6-3-7-11-21)27(25(29)16-26)17-24(28)22-12-14-23(15-13-22)30-18-20-8-4-2-5-9-20/h2-15,19,24,28H,16-18H2,1H3/t19-,24-/m0/s1. The number of halogens is 1. The zero-order valence-electron chi connectivity index (χ0n) is 16.9. The van der Waals surface area contributed by atoms with Gasteiger partial charge in [-0.15, -0.1) is 0 Å². The average molecular weight is 468 g/mol. The molecule has 4 nitrogen and oxygen atoms in total. The first-order valence-electron chi connectivity index (χ1n) is 9.93. The van der Waals surface area contributed by atoms with Gasteiger partial charge in [-0.05, 0) is 35.7 Å². The smallest absolute Gasteiger partial charge is 0.233 e. The maximum atomic E-state index is 12.5. The van der Waals surface area contributed by atoms with Crippen LogP contribution in [0.5, 0.6) is 5.75 Å². The second-order valence-electron chi connectivity index (χ2n) is 7.13. The molecule has 0 saturated carbocycles. The Labute approximate surface area is 186 Å². The first kappa shape index (κ1) is 22.1. The van der Waals surface area contributed by atoms with Crippen LogP contribution >= 0.6 is 15.9 Å². The molecule has 3 aromatic rings. The zero-order chi connectivity index (χ0) is 21.3. The number of carbonyl (C=O) groups excluding carboxylic acids is 1. The van der Waals surface area contributed by atoms with Crippen molar-refractivity contribution in [2.75, 3.05) is 11.9 Å². The van der Waals surface area contributed by atoms with Gasteiger partial charge in [0.2, 0.25) is 5.91 Å². The molecule has 0 aliphatic heterocycles.